The van der Waals surface area contributed by atoms with E-state index in [0.717, 1.165) is 34.6 Å². The molecule has 146 valence electrons. The van der Waals surface area contributed by atoms with Gasteiger partial charge in [-0.05, 0) is 42.3 Å². The lowest BCUT2D eigenvalue weighted by Gasteiger charge is -2.11. The van der Waals surface area contributed by atoms with Gasteiger partial charge in [0.25, 0.3) is 0 Å². The van der Waals surface area contributed by atoms with E-state index >= 15 is 0 Å². The van der Waals surface area contributed by atoms with Crippen molar-refractivity contribution < 1.29 is 4.74 Å². The van der Waals surface area contributed by atoms with Crippen LogP contribution < -0.4 is 4.74 Å². The summed E-state index contributed by atoms with van der Waals surface area (Å²) in [6.45, 7) is 2.10. The van der Waals surface area contributed by atoms with Gasteiger partial charge in [-0.3, -0.25) is 4.57 Å². The zero-order valence-electron chi connectivity index (χ0n) is 16.6. The third-order valence-electron chi connectivity index (χ3n) is 4.72. The van der Waals surface area contributed by atoms with Crippen molar-refractivity contribution in [2.75, 3.05) is 7.11 Å². The summed E-state index contributed by atoms with van der Waals surface area (Å²) in [6, 6.07) is 27.0. The SMILES string of the molecule is COc1ccc(CSc2nnc(Cc3ccccc3)n2-c2ccc(C)cc2)cc1. The molecule has 0 atom stereocenters. The van der Waals surface area contributed by atoms with Gasteiger partial charge in [0, 0.05) is 17.9 Å². The summed E-state index contributed by atoms with van der Waals surface area (Å²) >= 11 is 1.69. The predicted octanol–water partition coefficient (Wildman–Crippen LogP) is 5.47. The van der Waals surface area contributed by atoms with Crippen LogP contribution in [0.25, 0.3) is 5.69 Å². The van der Waals surface area contributed by atoms with Crippen molar-refractivity contribution in [3.05, 3.63) is 101 Å². The summed E-state index contributed by atoms with van der Waals surface area (Å²) in [4.78, 5) is 0. The van der Waals surface area contributed by atoms with E-state index in [4.69, 9.17) is 4.74 Å². The van der Waals surface area contributed by atoms with Crippen LogP contribution in [0.15, 0.2) is 84.0 Å². The molecule has 0 bridgehead atoms. The van der Waals surface area contributed by atoms with Crippen molar-refractivity contribution in [3.63, 3.8) is 0 Å². The third-order valence-corrected chi connectivity index (χ3v) is 5.72. The quantitative estimate of drug-likeness (QED) is 0.385. The first-order valence-corrected chi connectivity index (χ1v) is 10.5. The Bertz CT molecular complexity index is 1060. The van der Waals surface area contributed by atoms with Crippen LogP contribution in [0.5, 0.6) is 5.75 Å². The second-order valence-corrected chi connectivity index (χ2v) is 7.81. The standard InChI is InChI=1S/C24H23N3OS/c1-18-8-12-21(13-9-18)27-23(16-19-6-4-3-5-7-19)25-26-24(27)29-17-20-10-14-22(28-2)15-11-20/h3-15H,16-17H2,1-2H3. The smallest absolute Gasteiger partial charge is 0.196 e. The highest BCUT2D eigenvalue weighted by Crippen LogP contribution is 2.27. The van der Waals surface area contributed by atoms with Crippen LogP contribution in [-0.2, 0) is 12.2 Å². The number of methoxy groups -OCH3 is 1. The molecular formula is C24H23N3OS. The van der Waals surface area contributed by atoms with Crippen LogP contribution in [0.1, 0.15) is 22.5 Å². The first-order valence-electron chi connectivity index (χ1n) is 9.54. The van der Waals surface area contributed by atoms with Crippen LogP contribution in [0.3, 0.4) is 0 Å². The first kappa shape index (κ1) is 19.3. The topological polar surface area (TPSA) is 39.9 Å². The zero-order valence-corrected chi connectivity index (χ0v) is 17.4. The molecule has 0 spiro atoms. The Hall–Kier alpha value is -3.05. The van der Waals surface area contributed by atoms with Gasteiger partial charge in [-0.2, -0.15) is 0 Å². The summed E-state index contributed by atoms with van der Waals surface area (Å²) in [5.41, 5.74) is 4.77. The van der Waals surface area contributed by atoms with E-state index in [2.05, 4.69) is 82.4 Å². The average molecular weight is 402 g/mol. The number of nitrogens with zero attached hydrogens (tertiary/aromatic N) is 3. The lowest BCUT2D eigenvalue weighted by molar-refractivity contribution is 0.414. The molecule has 1 aromatic heterocycles. The molecule has 4 rings (SSSR count). The number of ether oxygens (including phenoxy) is 1. The number of aromatic nitrogens is 3. The monoisotopic (exact) mass is 401 g/mol. The summed E-state index contributed by atoms with van der Waals surface area (Å²) in [7, 11) is 1.68. The Morgan fingerprint density at radius 2 is 1.55 bits per heavy atom. The Balaban J connectivity index is 1.62. The maximum atomic E-state index is 5.25. The lowest BCUT2D eigenvalue weighted by atomic mass is 10.1. The number of benzene rings is 3. The normalized spacial score (nSPS) is 10.8. The second-order valence-electron chi connectivity index (χ2n) is 6.87. The van der Waals surface area contributed by atoms with E-state index in [9.17, 15) is 0 Å². The molecule has 4 nitrogen and oxygen atoms in total. The Morgan fingerprint density at radius 1 is 0.828 bits per heavy atom. The van der Waals surface area contributed by atoms with Gasteiger partial charge in [-0.25, -0.2) is 0 Å². The molecule has 0 N–H and O–H groups in total. The van der Waals surface area contributed by atoms with E-state index in [1.54, 1.807) is 18.9 Å². The number of aryl methyl sites for hydroxylation is 1. The van der Waals surface area contributed by atoms with Gasteiger partial charge in [0.05, 0.1) is 7.11 Å². The number of hydrogen-bond acceptors (Lipinski definition) is 4. The molecule has 0 amide bonds. The highest BCUT2D eigenvalue weighted by Gasteiger charge is 2.15. The van der Waals surface area contributed by atoms with Crippen LogP contribution in [-0.4, -0.2) is 21.9 Å². The van der Waals surface area contributed by atoms with Crippen LogP contribution in [0.4, 0.5) is 0 Å². The summed E-state index contributed by atoms with van der Waals surface area (Å²) < 4.78 is 7.41. The molecular weight excluding hydrogens is 378 g/mol. The van der Waals surface area contributed by atoms with Gasteiger partial charge in [-0.1, -0.05) is 71.9 Å². The lowest BCUT2D eigenvalue weighted by Crippen LogP contribution is -2.04. The maximum Gasteiger partial charge on any atom is 0.196 e. The Kier molecular flexibility index (Phi) is 5.96. The van der Waals surface area contributed by atoms with Crippen LogP contribution >= 0.6 is 11.8 Å². The first-order chi connectivity index (χ1) is 14.2. The number of thioether (sulfide) groups is 1. The number of hydrogen-bond donors (Lipinski definition) is 0. The fraction of sp³-hybridized carbons (Fsp3) is 0.167. The second kappa shape index (κ2) is 8.97. The van der Waals surface area contributed by atoms with Gasteiger partial charge in [0.2, 0.25) is 0 Å². The van der Waals surface area contributed by atoms with Gasteiger partial charge < -0.3 is 4.74 Å². The van der Waals surface area contributed by atoms with Crippen molar-refractivity contribution in [1.29, 1.82) is 0 Å². The summed E-state index contributed by atoms with van der Waals surface area (Å²) in [5.74, 6) is 2.63. The van der Waals surface area contributed by atoms with Crippen molar-refractivity contribution in [2.24, 2.45) is 0 Å². The molecule has 0 radical (unpaired) electrons. The molecule has 29 heavy (non-hydrogen) atoms. The number of rotatable bonds is 7. The van der Waals surface area contributed by atoms with Crippen LogP contribution in [0.2, 0.25) is 0 Å². The van der Waals surface area contributed by atoms with E-state index in [0.29, 0.717) is 0 Å². The predicted molar refractivity (Wildman–Crippen MR) is 118 cm³/mol. The van der Waals surface area contributed by atoms with E-state index < -0.39 is 0 Å². The van der Waals surface area contributed by atoms with Gasteiger partial charge in [0.15, 0.2) is 5.16 Å². The minimum Gasteiger partial charge on any atom is -0.497 e. The molecule has 0 unspecified atom stereocenters. The molecule has 0 saturated carbocycles. The van der Waals surface area contributed by atoms with E-state index in [1.807, 2.05) is 18.2 Å². The third kappa shape index (κ3) is 4.69. The van der Waals surface area contributed by atoms with Crippen molar-refractivity contribution in [1.82, 2.24) is 14.8 Å². The van der Waals surface area contributed by atoms with E-state index in [1.165, 1.54) is 16.7 Å². The molecule has 0 aliphatic heterocycles. The van der Waals surface area contributed by atoms with Crippen molar-refractivity contribution in [2.45, 2.75) is 24.3 Å². The van der Waals surface area contributed by atoms with E-state index in [-0.39, 0.29) is 0 Å². The molecule has 0 aliphatic carbocycles. The largest absolute Gasteiger partial charge is 0.497 e. The summed E-state index contributed by atoms with van der Waals surface area (Å²) in [5, 5.41) is 9.93. The van der Waals surface area contributed by atoms with Crippen LogP contribution in [0, 0.1) is 6.92 Å². The highest BCUT2D eigenvalue weighted by molar-refractivity contribution is 7.98. The molecule has 3 aromatic carbocycles. The zero-order chi connectivity index (χ0) is 20.1. The highest BCUT2D eigenvalue weighted by atomic mass is 32.2. The molecule has 0 aliphatic rings. The van der Waals surface area contributed by atoms with Crippen molar-refractivity contribution >= 4 is 11.8 Å². The van der Waals surface area contributed by atoms with Gasteiger partial charge in [-0.15, -0.1) is 10.2 Å². The minimum absolute atomic E-state index is 0.741. The van der Waals surface area contributed by atoms with Crippen molar-refractivity contribution in [3.8, 4) is 11.4 Å². The Morgan fingerprint density at radius 3 is 2.24 bits per heavy atom. The fourth-order valence-corrected chi connectivity index (χ4v) is 4.04. The Labute approximate surface area is 175 Å². The molecule has 0 fully saturated rings. The van der Waals surface area contributed by atoms with Gasteiger partial charge in [0.1, 0.15) is 11.6 Å². The fourth-order valence-electron chi connectivity index (χ4n) is 3.11. The summed E-state index contributed by atoms with van der Waals surface area (Å²) in [6.07, 6.45) is 0.741. The molecule has 5 heteroatoms. The maximum absolute atomic E-state index is 5.25. The van der Waals surface area contributed by atoms with Gasteiger partial charge >= 0.3 is 0 Å². The average Bonchev–Trinajstić information content (AvgIpc) is 3.16. The molecule has 4 aromatic rings. The minimum atomic E-state index is 0.741. The molecule has 1 heterocycles. The molecule has 0 saturated heterocycles.